The summed E-state index contributed by atoms with van der Waals surface area (Å²) in [6, 6.07) is 2.24. The number of hydrogen-bond donors (Lipinski definition) is 0. The molecule has 2 aliphatic rings. The van der Waals surface area contributed by atoms with Gasteiger partial charge in [-0.05, 0) is 34.3 Å². The smallest absolute Gasteiger partial charge is 0.337 e. The number of carbonyl (C=O) groups excluding carboxylic acids is 1. The first-order valence-corrected chi connectivity index (χ1v) is 12.7. The normalized spacial score (nSPS) is 25.9. The zero-order chi connectivity index (χ0) is 24.7. The van der Waals surface area contributed by atoms with Crippen LogP contribution in [-0.4, -0.2) is 62.0 Å². The topological polar surface area (TPSA) is 66.4 Å². The molecule has 2 aromatic rings. The third-order valence-corrected chi connectivity index (χ3v) is 8.22. The lowest BCUT2D eigenvalue weighted by Crippen LogP contribution is -2.53. The quantitative estimate of drug-likeness (QED) is 0.476. The lowest BCUT2D eigenvalue weighted by Gasteiger charge is -2.43. The van der Waals surface area contributed by atoms with E-state index in [1.54, 1.807) is 4.90 Å². The van der Waals surface area contributed by atoms with Gasteiger partial charge < -0.3 is 9.80 Å². The maximum absolute atomic E-state index is 14.7. The van der Waals surface area contributed by atoms with Crippen LogP contribution in [0.5, 0.6) is 0 Å². The number of nitrogens with zero attached hydrogens (tertiary/aromatic N) is 4. The highest BCUT2D eigenvalue weighted by molar-refractivity contribution is 8.00. The summed E-state index contributed by atoms with van der Waals surface area (Å²) in [4.78, 5) is 24.1. The van der Waals surface area contributed by atoms with Crippen molar-refractivity contribution >= 4 is 27.2 Å². The van der Waals surface area contributed by atoms with Crippen molar-refractivity contribution in [2.45, 2.75) is 25.1 Å². The van der Waals surface area contributed by atoms with Crippen LogP contribution >= 0.6 is 0 Å². The van der Waals surface area contributed by atoms with Gasteiger partial charge >= 0.3 is 6.18 Å². The number of alkyl halides is 3. The Bertz CT molecular complexity index is 1160. The molecule has 0 bridgehead atoms. The molecule has 0 spiro atoms. The molecule has 184 valence electrons. The number of rotatable bonds is 3. The van der Waals surface area contributed by atoms with Gasteiger partial charge in [0.1, 0.15) is 11.6 Å². The van der Waals surface area contributed by atoms with Crippen molar-refractivity contribution in [3.63, 3.8) is 0 Å². The van der Waals surface area contributed by atoms with Crippen LogP contribution in [0.4, 0.5) is 27.9 Å². The van der Waals surface area contributed by atoms with E-state index < -0.39 is 44.9 Å². The summed E-state index contributed by atoms with van der Waals surface area (Å²) in [6.45, 7) is 0.370. The average molecular weight is 503 g/mol. The molecule has 2 fully saturated rings. The molecular formula is C22H23F5N4O2S. The number of halogens is 5. The van der Waals surface area contributed by atoms with Crippen LogP contribution in [0.15, 0.2) is 30.6 Å². The summed E-state index contributed by atoms with van der Waals surface area (Å²) < 4.78 is 79.0. The lowest BCUT2D eigenvalue weighted by atomic mass is 9.96. The minimum Gasteiger partial charge on any atom is -0.337 e. The first-order valence-electron chi connectivity index (χ1n) is 10.7. The highest BCUT2D eigenvalue weighted by atomic mass is 32.2. The molecule has 1 unspecified atom stereocenters. The van der Waals surface area contributed by atoms with Crippen molar-refractivity contribution in [2.75, 3.05) is 36.0 Å². The van der Waals surface area contributed by atoms with E-state index in [0.29, 0.717) is 36.7 Å². The van der Waals surface area contributed by atoms with E-state index in [-0.39, 0.29) is 37.1 Å². The third kappa shape index (κ3) is 5.16. The predicted molar refractivity (Wildman–Crippen MR) is 118 cm³/mol. The number of amides is 1. The summed E-state index contributed by atoms with van der Waals surface area (Å²) in [5.74, 6) is 2.17. The van der Waals surface area contributed by atoms with E-state index in [1.165, 1.54) is 11.0 Å². The van der Waals surface area contributed by atoms with Gasteiger partial charge in [-0.3, -0.25) is 9.00 Å². The van der Waals surface area contributed by atoms with Crippen LogP contribution in [0.3, 0.4) is 0 Å². The molecule has 3 heterocycles. The minimum atomic E-state index is -4.58. The van der Waals surface area contributed by atoms with Gasteiger partial charge in [0.05, 0.1) is 11.6 Å². The molecular weight excluding hydrogens is 479 g/mol. The molecule has 1 atom stereocenters. The first-order chi connectivity index (χ1) is 15.9. The summed E-state index contributed by atoms with van der Waals surface area (Å²) >= 11 is 0. The SMILES string of the molecule is C=S1(=O)CCC(C(=O)N2CCN(c3ncc(C(F)(F)F)cn3)CC2c2ccc(F)cc2F)CC1. The fraction of sp³-hybridized carbons (Fsp3) is 0.455. The average Bonchev–Trinajstić information content (AvgIpc) is 2.78. The van der Waals surface area contributed by atoms with Gasteiger partial charge in [-0.1, -0.05) is 6.07 Å². The molecule has 2 aliphatic heterocycles. The Morgan fingerprint density at radius 2 is 1.74 bits per heavy atom. The summed E-state index contributed by atoms with van der Waals surface area (Å²) in [6.07, 6.45) is -2.43. The van der Waals surface area contributed by atoms with E-state index in [0.717, 1.165) is 12.1 Å². The highest BCUT2D eigenvalue weighted by Gasteiger charge is 2.38. The van der Waals surface area contributed by atoms with Gasteiger partial charge in [0, 0.05) is 61.1 Å². The molecule has 1 amide bonds. The molecule has 0 aliphatic carbocycles. The standard InChI is InChI=1S/C22H23F5N4O2S/c1-34(33)8-4-14(5-9-34)20(32)31-7-6-30(21-28-11-15(12-29-21)22(25,26)27)13-19(31)17-3-2-16(23)10-18(17)24/h2-3,10-12,14,19H,1,4-9,13H2. The Hall–Kier alpha value is -2.76. The maximum Gasteiger partial charge on any atom is 0.419 e. The second-order valence-electron chi connectivity index (χ2n) is 8.58. The van der Waals surface area contributed by atoms with E-state index in [4.69, 9.17) is 0 Å². The monoisotopic (exact) mass is 502 g/mol. The number of hydrogen-bond acceptors (Lipinski definition) is 5. The first kappa shape index (κ1) is 24.4. The van der Waals surface area contributed by atoms with Crippen molar-refractivity contribution in [1.29, 1.82) is 0 Å². The molecule has 6 nitrogen and oxygen atoms in total. The van der Waals surface area contributed by atoms with Crippen molar-refractivity contribution in [2.24, 2.45) is 5.92 Å². The zero-order valence-corrected chi connectivity index (χ0v) is 18.9. The van der Waals surface area contributed by atoms with Crippen molar-refractivity contribution in [3.8, 4) is 0 Å². The van der Waals surface area contributed by atoms with Crippen LogP contribution in [0.1, 0.15) is 30.0 Å². The van der Waals surface area contributed by atoms with E-state index in [9.17, 15) is 31.0 Å². The largest absolute Gasteiger partial charge is 0.419 e. The molecule has 1 aromatic carbocycles. The molecule has 2 saturated heterocycles. The van der Waals surface area contributed by atoms with Gasteiger partial charge in [-0.2, -0.15) is 13.2 Å². The Balaban J connectivity index is 1.61. The molecule has 0 radical (unpaired) electrons. The summed E-state index contributed by atoms with van der Waals surface area (Å²) in [5, 5.41) is 0. The van der Waals surface area contributed by atoms with Crippen molar-refractivity contribution in [3.05, 3.63) is 53.4 Å². The van der Waals surface area contributed by atoms with E-state index >= 15 is 0 Å². The Kier molecular flexibility index (Phi) is 6.54. The van der Waals surface area contributed by atoms with Crippen molar-refractivity contribution < 1.29 is 31.0 Å². The summed E-state index contributed by atoms with van der Waals surface area (Å²) in [5.41, 5.74) is -0.909. The Morgan fingerprint density at radius 3 is 2.32 bits per heavy atom. The molecule has 4 rings (SSSR count). The van der Waals surface area contributed by atoms with Gasteiger partial charge in [-0.15, -0.1) is 0 Å². The molecule has 12 heteroatoms. The number of carbonyl (C=O) groups is 1. The Labute approximate surface area is 193 Å². The fourth-order valence-electron chi connectivity index (χ4n) is 4.34. The van der Waals surface area contributed by atoms with Crippen LogP contribution in [0, 0.1) is 17.6 Å². The number of piperazine rings is 1. The number of benzene rings is 1. The zero-order valence-electron chi connectivity index (χ0n) is 18.1. The van der Waals surface area contributed by atoms with Crippen LogP contribution < -0.4 is 4.90 Å². The van der Waals surface area contributed by atoms with Crippen molar-refractivity contribution in [1.82, 2.24) is 14.9 Å². The third-order valence-electron chi connectivity index (χ3n) is 6.26. The molecule has 0 saturated carbocycles. The maximum atomic E-state index is 14.7. The van der Waals surface area contributed by atoms with E-state index in [2.05, 4.69) is 15.8 Å². The van der Waals surface area contributed by atoms with Crippen LogP contribution in [0.2, 0.25) is 0 Å². The number of aromatic nitrogens is 2. The number of anilines is 1. The van der Waals surface area contributed by atoms with Gasteiger partial charge in [0.2, 0.25) is 11.9 Å². The Morgan fingerprint density at radius 1 is 1.09 bits per heavy atom. The van der Waals surface area contributed by atoms with Gasteiger partial charge in [0.15, 0.2) is 0 Å². The molecule has 0 N–H and O–H groups in total. The second-order valence-corrected chi connectivity index (χ2v) is 11.3. The molecule has 34 heavy (non-hydrogen) atoms. The summed E-state index contributed by atoms with van der Waals surface area (Å²) in [7, 11) is -2.19. The van der Waals surface area contributed by atoms with Crippen LogP contribution in [-0.2, 0) is 20.5 Å². The fourth-order valence-corrected chi connectivity index (χ4v) is 5.97. The predicted octanol–water partition coefficient (Wildman–Crippen LogP) is 3.29. The second kappa shape index (κ2) is 9.12. The highest BCUT2D eigenvalue weighted by Crippen LogP contribution is 2.33. The minimum absolute atomic E-state index is 0.0124. The van der Waals surface area contributed by atoms with Crippen LogP contribution in [0.25, 0.3) is 0 Å². The molecule has 1 aromatic heterocycles. The van der Waals surface area contributed by atoms with Gasteiger partial charge in [-0.25, -0.2) is 18.7 Å². The van der Waals surface area contributed by atoms with Gasteiger partial charge in [0.25, 0.3) is 0 Å². The van der Waals surface area contributed by atoms with E-state index in [1.807, 2.05) is 0 Å². The lowest BCUT2D eigenvalue weighted by molar-refractivity contribution is -0.139.